The molecule has 114 valence electrons. The lowest BCUT2D eigenvalue weighted by atomic mass is 10.3. The molecule has 5 nitrogen and oxygen atoms in total. The molecule has 0 saturated heterocycles. The van der Waals surface area contributed by atoms with E-state index in [0.29, 0.717) is 11.7 Å². The number of aromatic nitrogens is 2. The minimum Gasteiger partial charge on any atom is -0.301 e. The first-order valence-corrected chi connectivity index (χ1v) is 9.28. The van der Waals surface area contributed by atoms with Crippen molar-refractivity contribution in [1.29, 1.82) is 0 Å². The highest BCUT2D eigenvalue weighted by atomic mass is 32.1. The molecule has 0 aliphatic heterocycles. The highest BCUT2D eigenvalue weighted by Gasteiger charge is 2.14. The Morgan fingerprint density at radius 2 is 2.23 bits per heavy atom. The predicted octanol–water partition coefficient (Wildman–Crippen LogP) is 3.44. The molecule has 0 unspecified atom stereocenters. The van der Waals surface area contributed by atoms with E-state index in [0.717, 1.165) is 10.7 Å². The molecule has 22 heavy (non-hydrogen) atoms. The Labute approximate surface area is 140 Å². The summed E-state index contributed by atoms with van der Waals surface area (Å²) in [6, 6.07) is 3.77. The molecule has 1 atom stereocenters. The zero-order valence-electron chi connectivity index (χ0n) is 11.8. The number of carbonyl (C=O) groups is 1. The SMILES string of the molecule is C[C@H](NCc1csc(-c2cccs2)n1)C(=O)Nc1nccs1. The molecule has 2 N–H and O–H groups in total. The predicted molar refractivity (Wildman–Crippen MR) is 92.5 cm³/mol. The van der Waals surface area contributed by atoms with Crippen LogP contribution in [0.15, 0.2) is 34.5 Å². The van der Waals surface area contributed by atoms with Crippen LogP contribution in [0.5, 0.6) is 0 Å². The van der Waals surface area contributed by atoms with Crippen molar-refractivity contribution in [3.8, 4) is 9.88 Å². The van der Waals surface area contributed by atoms with Gasteiger partial charge in [0.2, 0.25) is 5.91 Å². The van der Waals surface area contributed by atoms with Gasteiger partial charge < -0.3 is 10.6 Å². The van der Waals surface area contributed by atoms with Crippen molar-refractivity contribution in [2.45, 2.75) is 19.5 Å². The van der Waals surface area contributed by atoms with Crippen molar-refractivity contribution >= 4 is 45.0 Å². The van der Waals surface area contributed by atoms with Crippen LogP contribution in [0, 0.1) is 0 Å². The molecule has 1 amide bonds. The molecule has 0 aromatic carbocycles. The van der Waals surface area contributed by atoms with Gasteiger partial charge in [-0.3, -0.25) is 4.79 Å². The summed E-state index contributed by atoms with van der Waals surface area (Å²) in [5.74, 6) is -0.0938. The fourth-order valence-corrected chi connectivity index (χ4v) is 3.92. The molecule has 3 heterocycles. The lowest BCUT2D eigenvalue weighted by Gasteiger charge is -2.11. The number of thiazole rings is 2. The Kier molecular flexibility index (Phi) is 4.94. The van der Waals surface area contributed by atoms with E-state index >= 15 is 0 Å². The summed E-state index contributed by atoms with van der Waals surface area (Å²) >= 11 is 4.70. The average molecular weight is 350 g/mol. The van der Waals surface area contributed by atoms with E-state index in [4.69, 9.17) is 0 Å². The lowest BCUT2D eigenvalue weighted by molar-refractivity contribution is -0.117. The Balaban J connectivity index is 1.52. The standard InChI is InChI=1S/C14H14N4OS3/c1-9(12(19)18-14-15-4-6-21-14)16-7-10-8-22-13(17-10)11-3-2-5-20-11/h2-6,8-9,16H,7H2,1H3,(H,15,18,19)/t9-/m0/s1. The van der Waals surface area contributed by atoms with Gasteiger partial charge in [-0.25, -0.2) is 9.97 Å². The normalized spacial score (nSPS) is 12.2. The number of anilines is 1. The summed E-state index contributed by atoms with van der Waals surface area (Å²) in [6.45, 7) is 2.39. The van der Waals surface area contributed by atoms with E-state index in [2.05, 4.69) is 26.7 Å². The topological polar surface area (TPSA) is 66.9 Å². The van der Waals surface area contributed by atoms with Crippen LogP contribution < -0.4 is 10.6 Å². The van der Waals surface area contributed by atoms with Crippen LogP contribution in [-0.4, -0.2) is 21.9 Å². The van der Waals surface area contributed by atoms with Gasteiger partial charge in [-0.05, 0) is 18.4 Å². The van der Waals surface area contributed by atoms with Crippen LogP contribution >= 0.6 is 34.0 Å². The zero-order valence-corrected chi connectivity index (χ0v) is 14.2. The van der Waals surface area contributed by atoms with E-state index < -0.39 is 0 Å². The molecule has 0 saturated carbocycles. The van der Waals surface area contributed by atoms with Crippen LogP contribution in [0.1, 0.15) is 12.6 Å². The largest absolute Gasteiger partial charge is 0.301 e. The van der Waals surface area contributed by atoms with Gasteiger partial charge in [-0.1, -0.05) is 6.07 Å². The van der Waals surface area contributed by atoms with Gasteiger partial charge in [0.25, 0.3) is 0 Å². The first-order chi connectivity index (χ1) is 10.7. The summed E-state index contributed by atoms with van der Waals surface area (Å²) in [5.41, 5.74) is 0.947. The van der Waals surface area contributed by atoms with E-state index in [1.807, 2.05) is 29.1 Å². The second-order valence-corrected chi connectivity index (χ2v) is 7.25. The maximum atomic E-state index is 12.0. The Morgan fingerprint density at radius 3 is 2.95 bits per heavy atom. The van der Waals surface area contributed by atoms with Crippen LogP contribution in [0.4, 0.5) is 5.13 Å². The average Bonchev–Trinajstić information content (AvgIpc) is 3.25. The van der Waals surface area contributed by atoms with Crippen molar-refractivity contribution < 1.29 is 4.79 Å². The Hall–Kier alpha value is -1.61. The van der Waals surface area contributed by atoms with E-state index in [-0.39, 0.29) is 11.9 Å². The maximum absolute atomic E-state index is 12.0. The van der Waals surface area contributed by atoms with Crippen molar-refractivity contribution in [3.05, 3.63) is 40.2 Å². The molecular weight excluding hydrogens is 336 g/mol. The number of nitrogens with one attached hydrogen (secondary N) is 2. The molecule has 0 aliphatic rings. The zero-order chi connectivity index (χ0) is 15.4. The highest BCUT2D eigenvalue weighted by molar-refractivity contribution is 7.20. The third-order valence-corrected chi connectivity index (χ3v) is 5.55. The van der Waals surface area contributed by atoms with Crippen LogP contribution in [-0.2, 0) is 11.3 Å². The molecule has 0 bridgehead atoms. The summed E-state index contributed by atoms with van der Waals surface area (Å²) < 4.78 is 0. The number of hydrogen-bond donors (Lipinski definition) is 2. The van der Waals surface area contributed by atoms with Crippen molar-refractivity contribution in [2.24, 2.45) is 0 Å². The molecule has 3 aromatic heterocycles. The number of amides is 1. The first kappa shape index (κ1) is 15.3. The quantitative estimate of drug-likeness (QED) is 0.715. The molecular formula is C14H14N4OS3. The van der Waals surface area contributed by atoms with Gasteiger partial charge in [0.1, 0.15) is 5.01 Å². The minimum absolute atomic E-state index is 0.0938. The van der Waals surface area contributed by atoms with Crippen LogP contribution in [0.25, 0.3) is 9.88 Å². The first-order valence-electron chi connectivity index (χ1n) is 6.64. The summed E-state index contributed by atoms with van der Waals surface area (Å²) in [5, 5.41) is 13.5. The van der Waals surface area contributed by atoms with E-state index in [9.17, 15) is 4.79 Å². The molecule has 0 aliphatic carbocycles. The second-order valence-electron chi connectivity index (χ2n) is 4.55. The van der Waals surface area contributed by atoms with E-state index in [1.165, 1.54) is 16.2 Å². The molecule has 3 aromatic rings. The van der Waals surface area contributed by atoms with Crippen molar-refractivity contribution in [3.63, 3.8) is 0 Å². The van der Waals surface area contributed by atoms with Crippen LogP contribution in [0.3, 0.4) is 0 Å². The number of carbonyl (C=O) groups excluding carboxylic acids is 1. The highest BCUT2D eigenvalue weighted by Crippen LogP contribution is 2.27. The number of rotatable bonds is 6. The van der Waals surface area contributed by atoms with Gasteiger partial charge in [0, 0.05) is 23.5 Å². The monoisotopic (exact) mass is 350 g/mol. The number of thiophene rings is 1. The summed E-state index contributed by atoms with van der Waals surface area (Å²) in [6.07, 6.45) is 1.67. The van der Waals surface area contributed by atoms with Gasteiger partial charge in [-0.15, -0.1) is 34.0 Å². The molecule has 0 fully saturated rings. The van der Waals surface area contributed by atoms with Gasteiger partial charge in [0.15, 0.2) is 5.13 Å². The molecule has 3 rings (SSSR count). The van der Waals surface area contributed by atoms with Crippen molar-refractivity contribution in [1.82, 2.24) is 15.3 Å². The van der Waals surface area contributed by atoms with E-state index in [1.54, 1.807) is 28.9 Å². The third-order valence-electron chi connectivity index (χ3n) is 2.93. The molecule has 0 radical (unpaired) electrons. The summed E-state index contributed by atoms with van der Waals surface area (Å²) in [4.78, 5) is 21.8. The maximum Gasteiger partial charge on any atom is 0.243 e. The summed E-state index contributed by atoms with van der Waals surface area (Å²) in [7, 11) is 0. The number of hydrogen-bond acceptors (Lipinski definition) is 7. The smallest absolute Gasteiger partial charge is 0.243 e. The fraction of sp³-hybridized carbons (Fsp3) is 0.214. The van der Waals surface area contributed by atoms with Gasteiger partial charge in [0.05, 0.1) is 16.6 Å². The van der Waals surface area contributed by atoms with Gasteiger partial charge >= 0.3 is 0 Å². The Morgan fingerprint density at radius 1 is 1.32 bits per heavy atom. The Bertz CT molecular complexity index is 721. The van der Waals surface area contributed by atoms with Crippen molar-refractivity contribution in [2.75, 3.05) is 5.32 Å². The minimum atomic E-state index is -0.309. The third kappa shape index (κ3) is 3.77. The molecule has 0 spiro atoms. The van der Waals surface area contributed by atoms with Gasteiger partial charge in [-0.2, -0.15) is 0 Å². The molecule has 8 heteroatoms. The van der Waals surface area contributed by atoms with Crippen LogP contribution in [0.2, 0.25) is 0 Å². The fourth-order valence-electron chi connectivity index (χ4n) is 1.75. The number of nitrogens with zero attached hydrogens (tertiary/aromatic N) is 2. The second kappa shape index (κ2) is 7.10. The lowest BCUT2D eigenvalue weighted by Crippen LogP contribution is -2.37.